The van der Waals surface area contributed by atoms with Crippen LogP contribution in [-0.2, 0) is 4.79 Å². The van der Waals surface area contributed by atoms with Crippen LogP contribution in [0.5, 0.6) is 0 Å². The predicted molar refractivity (Wildman–Crippen MR) is 77.1 cm³/mol. The van der Waals surface area contributed by atoms with E-state index in [1.807, 2.05) is 32.0 Å². The predicted octanol–water partition coefficient (Wildman–Crippen LogP) is 2.08. The molecule has 1 heterocycles. The number of nitrogens with one attached hydrogen (secondary N) is 2. The molecule has 0 aromatic heterocycles. The van der Waals surface area contributed by atoms with E-state index < -0.39 is 0 Å². The van der Waals surface area contributed by atoms with Gasteiger partial charge in [-0.2, -0.15) is 0 Å². The summed E-state index contributed by atoms with van der Waals surface area (Å²) in [5.41, 5.74) is 3.30. The van der Waals surface area contributed by atoms with Crippen LogP contribution in [0.4, 0.5) is 0 Å². The number of nitrogens with zero attached hydrogens (tertiary/aromatic N) is 1. The van der Waals surface area contributed by atoms with Crippen LogP contribution < -0.4 is 10.6 Å². The number of amides is 1. The molecule has 1 saturated heterocycles. The highest BCUT2D eigenvalue weighted by Gasteiger charge is 2.31. The molecular formula is C15H21N3O. The summed E-state index contributed by atoms with van der Waals surface area (Å²) >= 11 is 0. The lowest BCUT2D eigenvalue weighted by Gasteiger charge is -2.14. The summed E-state index contributed by atoms with van der Waals surface area (Å²) in [4.78, 5) is 16.5. The van der Waals surface area contributed by atoms with E-state index in [-0.39, 0.29) is 11.9 Å². The minimum Gasteiger partial charge on any atom is -0.340 e. The lowest BCUT2D eigenvalue weighted by molar-refractivity contribution is -0.120. The Labute approximate surface area is 114 Å². The number of aliphatic imine (C=N–C) groups is 1. The highest BCUT2D eigenvalue weighted by atomic mass is 16.2. The first kappa shape index (κ1) is 13.6. The zero-order chi connectivity index (χ0) is 14.0. The summed E-state index contributed by atoms with van der Waals surface area (Å²) in [6, 6.07) is 5.74. The van der Waals surface area contributed by atoms with Gasteiger partial charge in [0.1, 0.15) is 6.04 Å². The minimum atomic E-state index is -0.327. The largest absolute Gasteiger partial charge is 0.340 e. The maximum absolute atomic E-state index is 12.1. The van der Waals surface area contributed by atoms with E-state index in [4.69, 9.17) is 0 Å². The molecule has 1 aromatic carbocycles. The van der Waals surface area contributed by atoms with Crippen LogP contribution in [0.2, 0.25) is 0 Å². The molecule has 4 nitrogen and oxygen atoms in total. The van der Waals surface area contributed by atoms with Crippen LogP contribution in [0.1, 0.15) is 36.6 Å². The maximum Gasteiger partial charge on any atom is 0.253 e. The average molecular weight is 259 g/mol. The van der Waals surface area contributed by atoms with E-state index in [0.29, 0.717) is 18.4 Å². The third-order valence-electron chi connectivity index (χ3n) is 3.23. The Morgan fingerprint density at radius 2 is 1.89 bits per heavy atom. The van der Waals surface area contributed by atoms with Crippen LogP contribution in [0.15, 0.2) is 23.2 Å². The van der Waals surface area contributed by atoms with Crippen molar-refractivity contribution in [1.29, 1.82) is 0 Å². The van der Waals surface area contributed by atoms with Gasteiger partial charge in [-0.1, -0.05) is 32.0 Å². The van der Waals surface area contributed by atoms with Gasteiger partial charge in [0.2, 0.25) is 0 Å². The van der Waals surface area contributed by atoms with Gasteiger partial charge in [0.05, 0.1) is 0 Å². The summed E-state index contributed by atoms with van der Waals surface area (Å²) in [5.74, 6) is 1.04. The number of hydrogen-bond donors (Lipinski definition) is 2. The fraction of sp³-hybridized carbons (Fsp3) is 0.467. The summed E-state index contributed by atoms with van der Waals surface area (Å²) in [6.45, 7) is 8.97. The number of carbonyl (C=O) groups excluding carboxylic acids is 1. The van der Waals surface area contributed by atoms with Crippen molar-refractivity contribution in [2.24, 2.45) is 10.9 Å². The summed E-state index contributed by atoms with van der Waals surface area (Å²) < 4.78 is 0. The van der Waals surface area contributed by atoms with Gasteiger partial charge in [0.25, 0.3) is 5.91 Å². The van der Waals surface area contributed by atoms with E-state index in [1.54, 1.807) is 0 Å². The number of guanidine groups is 1. The molecule has 1 aliphatic rings. The summed E-state index contributed by atoms with van der Waals surface area (Å²) in [5, 5.41) is 6.00. The van der Waals surface area contributed by atoms with Gasteiger partial charge >= 0.3 is 0 Å². The van der Waals surface area contributed by atoms with Crippen LogP contribution in [0.3, 0.4) is 0 Å². The van der Waals surface area contributed by atoms with Crippen molar-refractivity contribution in [2.75, 3.05) is 6.54 Å². The molecule has 1 amide bonds. The molecule has 4 heteroatoms. The van der Waals surface area contributed by atoms with Gasteiger partial charge in [0, 0.05) is 6.54 Å². The van der Waals surface area contributed by atoms with E-state index in [1.165, 1.54) is 0 Å². The minimum absolute atomic E-state index is 0.0279. The number of carbonyl (C=O) groups is 1. The normalized spacial score (nSPS) is 20.8. The van der Waals surface area contributed by atoms with Crippen molar-refractivity contribution in [3.8, 4) is 0 Å². The topological polar surface area (TPSA) is 53.5 Å². The van der Waals surface area contributed by atoms with Crippen LogP contribution in [0.25, 0.3) is 0 Å². The molecule has 0 bridgehead atoms. The molecule has 1 unspecified atom stereocenters. The van der Waals surface area contributed by atoms with Crippen molar-refractivity contribution in [3.05, 3.63) is 34.9 Å². The van der Waals surface area contributed by atoms with Gasteiger partial charge in [0.15, 0.2) is 5.96 Å². The molecule has 0 spiro atoms. The van der Waals surface area contributed by atoms with Crippen LogP contribution in [0, 0.1) is 19.8 Å². The molecule has 19 heavy (non-hydrogen) atoms. The van der Waals surface area contributed by atoms with E-state index in [0.717, 1.165) is 16.7 Å². The first-order valence-electron chi connectivity index (χ1n) is 6.67. The monoisotopic (exact) mass is 259 g/mol. The van der Waals surface area contributed by atoms with E-state index in [2.05, 4.69) is 29.5 Å². The molecule has 102 valence electrons. The third kappa shape index (κ3) is 2.95. The number of rotatable bonds is 3. The Morgan fingerprint density at radius 3 is 2.47 bits per heavy atom. The van der Waals surface area contributed by atoms with Crippen molar-refractivity contribution < 1.29 is 4.79 Å². The Morgan fingerprint density at radius 1 is 1.26 bits per heavy atom. The van der Waals surface area contributed by atoms with Gasteiger partial charge in [-0.3, -0.25) is 15.1 Å². The molecule has 0 saturated carbocycles. The number of benzene rings is 1. The molecule has 2 N–H and O–H groups in total. The third-order valence-corrected chi connectivity index (χ3v) is 3.23. The van der Waals surface area contributed by atoms with Crippen molar-refractivity contribution in [2.45, 2.75) is 33.7 Å². The Bertz CT molecular complexity index is 500. The SMILES string of the molecule is Cc1cccc(C)c1C1NC(=NCC(C)C)NC1=O. The van der Waals surface area contributed by atoms with Crippen molar-refractivity contribution in [3.63, 3.8) is 0 Å². The maximum atomic E-state index is 12.1. The second-order valence-corrected chi connectivity index (χ2v) is 5.46. The summed E-state index contributed by atoms with van der Waals surface area (Å²) in [7, 11) is 0. The van der Waals surface area contributed by atoms with Gasteiger partial charge in [-0.15, -0.1) is 0 Å². The Hall–Kier alpha value is -1.84. The molecule has 1 aromatic rings. The van der Waals surface area contributed by atoms with E-state index >= 15 is 0 Å². The lowest BCUT2D eigenvalue weighted by atomic mass is 9.96. The first-order chi connectivity index (χ1) is 8.99. The fourth-order valence-corrected chi connectivity index (χ4v) is 2.27. The van der Waals surface area contributed by atoms with Crippen LogP contribution >= 0.6 is 0 Å². The quantitative estimate of drug-likeness (QED) is 0.873. The number of aryl methyl sites for hydroxylation is 2. The van der Waals surface area contributed by atoms with Gasteiger partial charge in [-0.25, -0.2) is 0 Å². The lowest BCUT2D eigenvalue weighted by Crippen LogP contribution is -2.26. The van der Waals surface area contributed by atoms with Crippen LogP contribution in [-0.4, -0.2) is 18.4 Å². The summed E-state index contributed by atoms with van der Waals surface area (Å²) in [6.07, 6.45) is 0. The average Bonchev–Trinajstić information content (AvgIpc) is 2.68. The Balaban J connectivity index is 2.23. The molecule has 1 aliphatic heterocycles. The standard InChI is InChI=1S/C15H21N3O/c1-9(2)8-16-15-17-13(14(19)18-15)12-10(3)6-5-7-11(12)4/h5-7,9,13H,8H2,1-4H3,(H2,16,17,18,19). The molecule has 0 radical (unpaired) electrons. The molecular weight excluding hydrogens is 238 g/mol. The highest BCUT2D eigenvalue weighted by Crippen LogP contribution is 2.24. The van der Waals surface area contributed by atoms with Gasteiger partial charge < -0.3 is 5.32 Å². The van der Waals surface area contributed by atoms with Gasteiger partial charge in [-0.05, 0) is 36.5 Å². The highest BCUT2D eigenvalue weighted by molar-refractivity contribution is 6.07. The molecule has 1 fully saturated rings. The van der Waals surface area contributed by atoms with Crippen molar-refractivity contribution in [1.82, 2.24) is 10.6 Å². The van der Waals surface area contributed by atoms with E-state index in [9.17, 15) is 4.79 Å². The number of hydrogen-bond acceptors (Lipinski definition) is 2. The fourth-order valence-electron chi connectivity index (χ4n) is 2.27. The Kier molecular flexibility index (Phi) is 3.88. The molecule has 1 atom stereocenters. The zero-order valence-corrected chi connectivity index (χ0v) is 11.9. The smallest absolute Gasteiger partial charge is 0.253 e. The second kappa shape index (κ2) is 5.43. The first-order valence-corrected chi connectivity index (χ1v) is 6.67. The second-order valence-electron chi connectivity index (χ2n) is 5.46. The zero-order valence-electron chi connectivity index (χ0n) is 11.9. The van der Waals surface area contributed by atoms with Crippen molar-refractivity contribution >= 4 is 11.9 Å². The molecule has 0 aliphatic carbocycles. The molecule has 2 rings (SSSR count).